The van der Waals surface area contributed by atoms with Gasteiger partial charge in [-0.1, -0.05) is 42.5 Å². The van der Waals surface area contributed by atoms with E-state index in [-0.39, 0.29) is 0 Å². The van der Waals surface area contributed by atoms with Crippen LogP contribution in [-0.2, 0) is 0 Å². The lowest BCUT2D eigenvalue weighted by atomic mass is 10.2. The number of rotatable bonds is 5. The summed E-state index contributed by atoms with van der Waals surface area (Å²) in [6.45, 7) is 0.416. The first-order chi connectivity index (χ1) is 6.83. The van der Waals surface area contributed by atoms with E-state index in [0.29, 0.717) is 13.0 Å². The van der Waals surface area contributed by atoms with Crippen LogP contribution >= 0.6 is 0 Å². The van der Waals surface area contributed by atoms with Crippen LogP contribution in [0, 0.1) is 0 Å². The first-order valence-electron chi connectivity index (χ1n) is 4.83. The molecule has 0 aliphatic heterocycles. The zero-order valence-corrected chi connectivity index (χ0v) is 8.41. The minimum atomic E-state index is -0.792. The quantitative estimate of drug-likeness (QED) is 0.758. The second kappa shape index (κ2) is 6.33. The fourth-order valence-electron chi connectivity index (χ4n) is 1.22. The summed E-state index contributed by atoms with van der Waals surface area (Å²) in [5.74, 6) is 0. The summed E-state index contributed by atoms with van der Waals surface area (Å²) in [6.07, 6.45) is 3.50. The van der Waals surface area contributed by atoms with Gasteiger partial charge in [0.2, 0.25) is 0 Å². The van der Waals surface area contributed by atoms with Crippen LogP contribution < -0.4 is 5.32 Å². The minimum absolute atomic E-state index is 0.416. The highest BCUT2D eigenvalue weighted by molar-refractivity contribution is 5.48. The molecule has 1 nitrogen and oxygen atoms in total. The van der Waals surface area contributed by atoms with Crippen molar-refractivity contribution in [2.45, 2.75) is 12.6 Å². The lowest BCUT2D eigenvalue weighted by molar-refractivity contribution is 0.329. The molecule has 0 unspecified atom stereocenters. The molecule has 1 atom stereocenters. The van der Waals surface area contributed by atoms with Gasteiger partial charge in [-0.15, -0.1) is 0 Å². The van der Waals surface area contributed by atoms with Gasteiger partial charge in [0.1, 0.15) is 6.17 Å². The summed E-state index contributed by atoms with van der Waals surface area (Å²) in [6, 6.07) is 9.92. The van der Waals surface area contributed by atoms with Gasteiger partial charge in [-0.25, -0.2) is 4.39 Å². The Labute approximate surface area is 84.6 Å². The molecule has 0 saturated carbocycles. The summed E-state index contributed by atoms with van der Waals surface area (Å²) in [4.78, 5) is 0. The number of alkyl halides is 1. The molecule has 0 aliphatic rings. The molecule has 1 rings (SSSR count). The Kier molecular flexibility index (Phi) is 4.94. The molecule has 14 heavy (non-hydrogen) atoms. The molecular weight excluding hydrogens is 177 g/mol. The fraction of sp³-hybridized carbons (Fsp3) is 0.333. The Hall–Kier alpha value is -1.15. The molecule has 76 valence electrons. The summed E-state index contributed by atoms with van der Waals surface area (Å²) in [5, 5.41) is 2.81. The van der Waals surface area contributed by atoms with E-state index in [2.05, 4.69) is 5.32 Å². The fourth-order valence-corrected chi connectivity index (χ4v) is 1.22. The van der Waals surface area contributed by atoms with E-state index in [0.717, 1.165) is 5.56 Å². The number of allylic oxidation sites excluding steroid dienone is 1. The Balaban J connectivity index is 2.34. The van der Waals surface area contributed by atoms with Crippen molar-refractivity contribution in [3.63, 3.8) is 0 Å². The zero-order chi connectivity index (χ0) is 10.2. The topological polar surface area (TPSA) is 12.0 Å². The minimum Gasteiger partial charge on any atom is -0.317 e. The zero-order valence-electron chi connectivity index (χ0n) is 8.41. The lowest BCUT2D eigenvalue weighted by Gasteiger charge is -2.02. The number of hydrogen-bond donors (Lipinski definition) is 1. The van der Waals surface area contributed by atoms with Gasteiger partial charge in [-0.05, 0) is 19.0 Å². The van der Waals surface area contributed by atoms with Gasteiger partial charge < -0.3 is 5.32 Å². The summed E-state index contributed by atoms with van der Waals surface area (Å²) < 4.78 is 13.0. The van der Waals surface area contributed by atoms with Gasteiger partial charge >= 0.3 is 0 Å². The van der Waals surface area contributed by atoms with Crippen LogP contribution in [0.25, 0.3) is 6.08 Å². The molecule has 0 fully saturated rings. The van der Waals surface area contributed by atoms with E-state index in [1.54, 1.807) is 7.05 Å². The van der Waals surface area contributed by atoms with E-state index in [9.17, 15) is 4.39 Å². The standard InChI is InChI=1S/C12H16FN/c1-14-10-12(13)9-5-8-11-6-3-2-4-7-11/h2-8,12,14H,9-10H2,1H3/b8-5+/t12-/m0/s1. The number of benzene rings is 1. The molecule has 0 radical (unpaired) electrons. The van der Waals surface area contributed by atoms with E-state index < -0.39 is 6.17 Å². The third kappa shape index (κ3) is 4.19. The molecule has 0 spiro atoms. The predicted molar refractivity (Wildman–Crippen MR) is 58.9 cm³/mol. The largest absolute Gasteiger partial charge is 0.317 e. The van der Waals surface area contributed by atoms with Crippen LogP contribution in [0.1, 0.15) is 12.0 Å². The highest BCUT2D eigenvalue weighted by Gasteiger charge is 2.00. The van der Waals surface area contributed by atoms with Crippen molar-refractivity contribution in [1.29, 1.82) is 0 Å². The smallest absolute Gasteiger partial charge is 0.116 e. The van der Waals surface area contributed by atoms with Crippen LogP contribution in [0.3, 0.4) is 0 Å². The van der Waals surface area contributed by atoms with Crippen LogP contribution in [0.15, 0.2) is 36.4 Å². The molecule has 0 aliphatic carbocycles. The van der Waals surface area contributed by atoms with Gasteiger partial charge in [0, 0.05) is 6.54 Å². The average molecular weight is 193 g/mol. The highest BCUT2D eigenvalue weighted by atomic mass is 19.1. The van der Waals surface area contributed by atoms with E-state index in [1.807, 2.05) is 42.5 Å². The van der Waals surface area contributed by atoms with Crippen LogP contribution in [-0.4, -0.2) is 19.8 Å². The van der Waals surface area contributed by atoms with Crippen molar-refractivity contribution in [3.05, 3.63) is 42.0 Å². The van der Waals surface area contributed by atoms with Gasteiger partial charge in [-0.2, -0.15) is 0 Å². The number of halogens is 1. The summed E-state index contributed by atoms with van der Waals surface area (Å²) in [5.41, 5.74) is 1.11. The lowest BCUT2D eigenvalue weighted by Crippen LogP contribution is -2.18. The monoisotopic (exact) mass is 193 g/mol. The Bertz CT molecular complexity index is 269. The summed E-state index contributed by atoms with van der Waals surface area (Å²) in [7, 11) is 1.76. The third-order valence-electron chi connectivity index (χ3n) is 1.93. The van der Waals surface area contributed by atoms with Crippen molar-refractivity contribution in [2.24, 2.45) is 0 Å². The average Bonchev–Trinajstić information content (AvgIpc) is 2.20. The second-order valence-electron chi connectivity index (χ2n) is 3.20. The Morgan fingerprint density at radius 2 is 2.07 bits per heavy atom. The molecule has 2 heteroatoms. The Morgan fingerprint density at radius 3 is 2.71 bits per heavy atom. The molecular formula is C12H16FN. The molecule has 1 N–H and O–H groups in total. The Morgan fingerprint density at radius 1 is 1.36 bits per heavy atom. The van der Waals surface area contributed by atoms with Crippen LogP contribution in [0.5, 0.6) is 0 Å². The molecule has 1 aromatic carbocycles. The maximum absolute atomic E-state index is 13.0. The van der Waals surface area contributed by atoms with E-state index >= 15 is 0 Å². The number of nitrogens with one attached hydrogen (secondary N) is 1. The van der Waals surface area contributed by atoms with Crippen molar-refractivity contribution < 1.29 is 4.39 Å². The first-order valence-corrected chi connectivity index (χ1v) is 4.83. The predicted octanol–water partition coefficient (Wildman–Crippen LogP) is 2.65. The maximum Gasteiger partial charge on any atom is 0.116 e. The van der Waals surface area contributed by atoms with E-state index in [4.69, 9.17) is 0 Å². The van der Waals surface area contributed by atoms with Crippen molar-refractivity contribution >= 4 is 6.08 Å². The first kappa shape index (κ1) is 10.9. The van der Waals surface area contributed by atoms with Gasteiger partial charge in [0.25, 0.3) is 0 Å². The molecule has 0 heterocycles. The highest BCUT2D eigenvalue weighted by Crippen LogP contribution is 2.04. The molecule has 0 amide bonds. The van der Waals surface area contributed by atoms with Crippen LogP contribution in [0.2, 0.25) is 0 Å². The maximum atomic E-state index is 13.0. The molecule has 0 bridgehead atoms. The van der Waals surface area contributed by atoms with Crippen molar-refractivity contribution in [1.82, 2.24) is 5.32 Å². The second-order valence-corrected chi connectivity index (χ2v) is 3.20. The van der Waals surface area contributed by atoms with Gasteiger partial charge in [0.15, 0.2) is 0 Å². The normalized spacial score (nSPS) is 13.3. The SMILES string of the molecule is CNC[C@@H](F)C/C=C/c1ccccc1. The van der Waals surface area contributed by atoms with Gasteiger partial charge in [-0.3, -0.25) is 0 Å². The summed E-state index contributed by atoms with van der Waals surface area (Å²) >= 11 is 0. The number of hydrogen-bond acceptors (Lipinski definition) is 1. The van der Waals surface area contributed by atoms with Crippen molar-refractivity contribution in [3.8, 4) is 0 Å². The van der Waals surface area contributed by atoms with Gasteiger partial charge in [0.05, 0.1) is 0 Å². The van der Waals surface area contributed by atoms with Crippen LogP contribution in [0.4, 0.5) is 4.39 Å². The molecule has 0 saturated heterocycles. The van der Waals surface area contributed by atoms with Crippen molar-refractivity contribution in [2.75, 3.05) is 13.6 Å². The van der Waals surface area contributed by atoms with E-state index in [1.165, 1.54) is 0 Å². The third-order valence-corrected chi connectivity index (χ3v) is 1.93. The molecule has 0 aromatic heterocycles. The molecule has 1 aromatic rings.